The first-order valence-electron chi connectivity index (χ1n) is 6.59. The second-order valence-corrected chi connectivity index (χ2v) is 7.16. The number of nitrogens with one attached hydrogen (secondary N) is 1. The van der Waals surface area contributed by atoms with E-state index in [0.717, 1.165) is 17.4 Å². The van der Waals surface area contributed by atoms with Gasteiger partial charge in [0.2, 0.25) is 10.0 Å². The molecule has 1 aromatic rings. The molecule has 1 aromatic carbocycles. The van der Waals surface area contributed by atoms with Crippen LogP contribution in [0, 0.1) is 0 Å². The highest BCUT2D eigenvalue weighted by Gasteiger charge is 2.23. The van der Waals surface area contributed by atoms with Crippen molar-refractivity contribution in [2.24, 2.45) is 0 Å². The zero-order chi connectivity index (χ0) is 15.6. The predicted molar refractivity (Wildman–Crippen MR) is 79.4 cm³/mol. The lowest BCUT2D eigenvalue weighted by molar-refractivity contribution is 0.0697. The lowest BCUT2D eigenvalue weighted by Gasteiger charge is -2.30. The Hall–Kier alpha value is -1.64. The Morgan fingerprint density at radius 1 is 1.29 bits per heavy atom. The number of nitrogens with zero attached hydrogens (tertiary/aromatic N) is 2. The quantitative estimate of drug-likeness (QED) is 0.816. The molecule has 2 N–H and O–H groups in total. The van der Waals surface area contributed by atoms with Gasteiger partial charge in [-0.25, -0.2) is 17.5 Å². The van der Waals surface area contributed by atoms with Gasteiger partial charge < -0.3 is 15.3 Å². The molecule has 0 aliphatic carbocycles. The van der Waals surface area contributed by atoms with Crippen LogP contribution in [0.4, 0.5) is 5.69 Å². The average molecular weight is 313 g/mol. The number of aromatic carboxylic acids is 1. The van der Waals surface area contributed by atoms with E-state index in [1.807, 2.05) is 4.90 Å². The van der Waals surface area contributed by atoms with Crippen molar-refractivity contribution >= 4 is 21.7 Å². The van der Waals surface area contributed by atoms with E-state index in [1.54, 1.807) is 6.07 Å². The first-order chi connectivity index (χ1) is 9.84. The van der Waals surface area contributed by atoms with Crippen LogP contribution in [0.1, 0.15) is 10.4 Å². The molecule has 21 heavy (non-hydrogen) atoms. The Kier molecular flexibility index (Phi) is 4.50. The van der Waals surface area contributed by atoms with Gasteiger partial charge in [-0.1, -0.05) is 0 Å². The summed E-state index contributed by atoms with van der Waals surface area (Å²) in [4.78, 5) is 13.4. The Bertz CT molecular complexity index is 637. The third-order valence-electron chi connectivity index (χ3n) is 3.43. The third kappa shape index (κ3) is 3.17. The maximum Gasteiger partial charge on any atom is 0.337 e. The fourth-order valence-corrected chi connectivity index (χ4v) is 3.17. The van der Waals surface area contributed by atoms with Crippen molar-refractivity contribution < 1.29 is 18.3 Å². The molecular formula is C13H19N3O4S. The topological polar surface area (TPSA) is 90.0 Å². The second kappa shape index (κ2) is 6.00. The van der Waals surface area contributed by atoms with Crippen molar-refractivity contribution in [1.29, 1.82) is 0 Å². The standard InChI is InChI=1S/C13H19N3O4S/c1-15(2)21(19,20)10-3-4-12(11(9-10)13(17)18)16-7-5-14-6-8-16/h3-4,9,14H,5-8H2,1-2H3,(H,17,18). The molecule has 0 aromatic heterocycles. The van der Waals surface area contributed by atoms with Gasteiger partial charge in [-0.2, -0.15) is 0 Å². The van der Waals surface area contributed by atoms with Gasteiger partial charge in [0.25, 0.3) is 0 Å². The molecular weight excluding hydrogens is 294 g/mol. The molecule has 1 saturated heterocycles. The number of hydrogen-bond acceptors (Lipinski definition) is 5. The summed E-state index contributed by atoms with van der Waals surface area (Å²) in [7, 11) is -0.808. The lowest BCUT2D eigenvalue weighted by Crippen LogP contribution is -2.44. The van der Waals surface area contributed by atoms with E-state index in [4.69, 9.17) is 0 Å². The van der Waals surface area contributed by atoms with Crippen molar-refractivity contribution in [3.05, 3.63) is 23.8 Å². The largest absolute Gasteiger partial charge is 0.478 e. The van der Waals surface area contributed by atoms with E-state index < -0.39 is 16.0 Å². The summed E-state index contributed by atoms with van der Waals surface area (Å²) in [5, 5.41) is 12.6. The minimum absolute atomic E-state index is 0.0104. The molecule has 2 rings (SSSR count). The van der Waals surface area contributed by atoms with E-state index >= 15 is 0 Å². The monoisotopic (exact) mass is 313 g/mol. The summed E-state index contributed by atoms with van der Waals surface area (Å²) < 4.78 is 25.3. The minimum Gasteiger partial charge on any atom is -0.478 e. The molecule has 0 bridgehead atoms. The van der Waals surface area contributed by atoms with Gasteiger partial charge in [0, 0.05) is 40.3 Å². The van der Waals surface area contributed by atoms with Crippen LogP contribution in [-0.2, 0) is 10.0 Å². The van der Waals surface area contributed by atoms with E-state index in [1.165, 1.54) is 26.2 Å². The van der Waals surface area contributed by atoms with Crippen LogP contribution < -0.4 is 10.2 Å². The zero-order valence-electron chi connectivity index (χ0n) is 12.0. The SMILES string of the molecule is CN(C)S(=O)(=O)c1ccc(N2CCNCC2)c(C(=O)O)c1. The molecule has 116 valence electrons. The zero-order valence-corrected chi connectivity index (χ0v) is 12.9. The molecule has 0 spiro atoms. The highest BCUT2D eigenvalue weighted by Crippen LogP contribution is 2.25. The van der Waals surface area contributed by atoms with Crippen molar-refractivity contribution in [1.82, 2.24) is 9.62 Å². The number of hydrogen-bond donors (Lipinski definition) is 2. The molecule has 0 unspecified atom stereocenters. The first kappa shape index (κ1) is 15.7. The van der Waals surface area contributed by atoms with Gasteiger partial charge in [0.15, 0.2) is 0 Å². The normalized spacial score (nSPS) is 16.2. The summed E-state index contributed by atoms with van der Waals surface area (Å²) in [6.07, 6.45) is 0. The summed E-state index contributed by atoms with van der Waals surface area (Å²) in [5.41, 5.74) is 0.571. The lowest BCUT2D eigenvalue weighted by atomic mass is 10.1. The number of carboxylic acids is 1. The van der Waals surface area contributed by atoms with Crippen LogP contribution in [-0.4, -0.2) is 64.1 Å². The second-order valence-electron chi connectivity index (χ2n) is 5.01. The van der Waals surface area contributed by atoms with Crippen molar-refractivity contribution in [2.45, 2.75) is 4.90 Å². The van der Waals surface area contributed by atoms with E-state index in [0.29, 0.717) is 18.8 Å². The van der Waals surface area contributed by atoms with Gasteiger partial charge in [-0.15, -0.1) is 0 Å². The molecule has 8 heteroatoms. The summed E-state index contributed by atoms with van der Waals surface area (Å²) in [6, 6.07) is 4.26. The Morgan fingerprint density at radius 3 is 2.43 bits per heavy atom. The predicted octanol–water partition coefficient (Wildman–Crippen LogP) is 0.0447. The van der Waals surface area contributed by atoms with Crippen LogP contribution >= 0.6 is 0 Å². The molecule has 1 heterocycles. The maximum absolute atomic E-state index is 12.1. The molecule has 1 fully saturated rings. The van der Waals surface area contributed by atoms with Gasteiger partial charge >= 0.3 is 5.97 Å². The molecule has 7 nitrogen and oxygen atoms in total. The summed E-state index contributed by atoms with van der Waals surface area (Å²) >= 11 is 0. The van der Waals surface area contributed by atoms with E-state index in [2.05, 4.69) is 5.32 Å². The smallest absolute Gasteiger partial charge is 0.337 e. The maximum atomic E-state index is 12.1. The van der Waals surface area contributed by atoms with E-state index in [9.17, 15) is 18.3 Å². The number of anilines is 1. The summed E-state index contributed by atoms with van der Waals surface area (Å²) in [5.74, 6) is -1.13. The highest BCUT2D eigenvalue weighted by atomic mass is 32.2. The van der Waals surface area contributed by atoms with Gasteiger partial charge in [0.05, 0.1) is 16.1 Å². The first-order valence-corrected chi connectivity index (χ1v) is 8.03. The number of sulfonamides is 1. The number of carbonyl (C=O) groups is 1. The average Bonchev–Trinajstić information content (AvgIpc) is 2.47. The molecule has 0 amide bonds. The molecule has 1 aliphatic heterocycles. The molecule has 0 saturated carbocycles. The fourth-order valence-electron chi connectivity index (χ4n) is 2.24. The Morgan fingerprint density at radius 2 is 1.90 bits per heavy atom. The van der Waals surface area contributed by atoms with Crippen molar-refractivity contribution in [2.75, 3.05) is 45.2 Å². The van der Waals surface area contributed by atoms with Gasteiger partial charge in [0.1, 0.15) is 0 Å². The van der Waals surface area contributed by atoms with Crippen LogP contribution in [0.3, 0.4) is 0 Å². The van der Waals surface area contributed by atoms with E-state index in [-0.39, 0.29) is 10.5 Å². The van der Waals surface area contributed by atoms with Crippen LogP contribution in [0.15, 0.2) is 23.1 Å². The Balaban J connectivity index is 2.47. The number of carboxylic acid groups (broad SMARTS) is 1. The molecule has 0 radical (unpaired) electrons. The fraction of sp³-hybridized carbons (Fsp3) is 0.462. The molecule has 0 atom stereocenters. The van der Waals surface area contributed by atoms with Crippen LogP contribution in [0.25, 0.3) is 0 Å². The van der Waals surface area contributed by atoms with Crippen molar-refractivity contribution in [3.8, 4) is 0 Å². The summed E-state index contributed by atoms with van der Waals surface area (Å²) in [6.45, 7) is 2.94. The number of benzene rings is 1. The van der Waals surface area contributed by atoms with Crippen molar-refractivity contribution in [3.63, 3.8) is 0 Å². The van der Waals surface area contributed by atoms with Crippen LogP contribution in [0.2, 0.25) is 0 Å². The third-order valence-corrected chi connectivity index (χ3v) is 5.25. The van der Waals surface area contributed by atoms with Gasteiger partial charge in [-0.05, 0) is 18.2 Å². The number of rotatable bonds is 4. The highest BCUT2D eigenvalue weighted by molar-refractivity contribution is 7.89. The van der Waals surface area contributed by atoms with Crippen LogP contribution in [0.5, 0.6) is 0 Å². The van der Waals surface area contributed by atoms with Gasteiger partial charge in [-0.3, -0.25) is 0 Å². The minimum atomic E-state index is -3.64. The Labute approximate surface area is 124 Å². The number of piperazine rings is 1. The molecule has 1 aliphatic rings.